The van der Waals surface area contributed by atoms with Crippen molar-refractivity contribution in [3.05, 3.63) is 18.1 Å². The number of rotatable bonds is 4. The average molecular weight is 274 g/mol. The first-order valence-corrected chi connectivity index (χ1v) is 6.82. The van der Waals surface area contributed by atoms with Crippen LogP contribution in [0.5, 0.6) is 0 Å². The van der Waals surface area contributed by atoms with Gasteiger partial charge in [0.1, 0.15) is 6.07 Å². The van der Waals surface area contributed by atoms with E-state index in [0.717, 1.165) is 6.42 Å². The molecule has 1 saturated heterocycles. The van der Waals surface area contributed by atoms with E-state index in [9.17, 15) is 9.90 Å². The van der Waals surface area contributed by atoms with Crippen molar-refractivity contribution in [1.29, 1.82) is 5.26 Å². The Balaban J connectivity index is 2.15. The molecule has 0 unspecified atom stereocenters. The van der Waals surface area contributed by atoms with Crippen LogP contribution in [0.25, 0.3) is 0 Å². The smallest absolute Gasteiger partial charge is 0.309 e. The van der Waals surface area contributed by atoms with Crippen LogP contribution in [-0.4, -0.2) is 34.1 Å². The maximum atomic E-state index is 11.5. The number of aromatic nitrogens is 2. The molecule has 2 rings (SSSR count). The van der Waals surface area contributed by atoms with Gasteiger partial charge in [-0.05, 0) is 19.3 Å². The van der Waals surface area contributed by atoms with Crippen LogP contribution in [0, 0.1) is 16.7 Å². The van der Waals surface area contributed by atoms with Crippen LogP contribution in [0.15, 0.2) is 12.4 Å². The van der Waals surface area contributed by atoms with Crippen molar-refractivity contribution in [3.8, 4) is 6.07 Å². The second-order valence-corrected chi connectivity index (χ2v) is 5.16. The summed E-state index contributed by atoms with van der Waals surface area (Å²) in [4.78, 5) is 21.7. The fraction of sp³-hybridized carbons (Fsp3) is 0.571. The van der Waals surface area contributed by atoms with Crippen LogP contribution in [0.4, 0.5) is 5.82 Å². The van der Waals surface area contributed by atoms with Gasteiger partial charge in [0.05, 0.1) is 5.41 Å². The number of nitrogens with zero attached hydrogens (tertiary/aromatic N) is 4. The molecule has 6 heteroatoms. The Bertz CT molecular complexity index is 530. The highest BCUT2D eigenvalue weighted by Crippen LogP contribution is 2.37. The van der Waals surface area contributed by atoms with Gasteiger partial charge in [0.25, 0.3) is 0 Å². The summed E-state index contributed by atoms with van der Waals surface area (Å²) in [5.74, 6) is -0.149. The monoisotopic (exact) mass is 274 g/mol. The van der Waals surface area contributed by atoms with Crippen LogP contribution < -0.4 is 4.90 Å². The molecule has 0 aromatic carbocycles. The zero-order valence-electron chi connectivity index (χ0n) is 11.5. The molecule has 2 heterocycles. The van der Waals surface area contributed by atoms with Gasteiger partial charge in [0.2, 0.25) is 0 Å². The number of hydrogen-bond donors (Lipinski definition) is 1. The second kappa shape index (κ2) is 5.87. The van der Waals surface area contributed by atoms with Crippen LogP contribution in [0.2, 0.25) is 0 Å². The van der Waals surface area contributed by atoms with Crippen molar-refractivity contribution < 1.29 is 9.90 Å². The van der Waals surface area contributed by atoms with E-state index in [1.165, 1.54) is 6.20 Å². The van der Waals surface area contributed by atoms with E-state index in [4.69, 9.17) is 5.26 Å². The lowest BCUT2D eigenvalue weighted by atomic mass is 9.75. The van der Waals surface area contributed by atoms with E-state index in [0.29, 0.717) is 43.9 Å². The zero-order valence-corrected chi connectivity index (χ0v) is 11.5. The van der Waals surface area contributed by atoms with Crippen LogP contribution in [0.3, 0.4) is 0 Å². The Morgan fingerprint density at radius 3 is 2.65 bits per heavy atom. The molecule has 0 bridgehead atoms. The molecule has 0 aliphatic carbocycles. The summed E-state index contributed by atoms with van der Waals surface area (Å²) in [7, 11) is 0. The van der Waals surface area contributed by atoms with Crippen molar-refractivity contribution >= 4 is 11.8 Å². The number of nitriles is 1. The molecule has 6 nitrogen and oxygen atoms in total. The molecular weight excluding hydrogens is 256 g/mol. The van der Waals surface area contributed by atoms with Crippen molar-refractivity contribution in [2.75, 3.05) is 18.0 Å². The molecule has 106 valence electrons. The number of carboxylic acids is 1. The van der Waals surface area contributed by atoms with E-state index in [1.807, 2.05) is 17.9 Å². The molecule has 1 aromatic rings. The van der Waals surface area contributed by atoms with E-state index in [2.05, 4.69) is 9.97 Å². The Kier molecular flexibility index (Phi) is 4.18. The van der Waals surface area contributed by atoms with Gasteiger partial charge < -0.3 is 10.0 Å². The standard InChI is InChI=1S/C14H18N4O2/c1-2-3-14(13(19)20)4-8-18(9-5-14)12-11(10-15)16-6-7-17-12/h6-7H,2-5,8-9H2,1H3,(H,19,20). The van der Waals surface area contributed by atoms with Gasteiger partial charge >= 0.3 is 5.97 Å². The van der Waals surface area contributed by atoms with Crippen molar-refractivity contribution in [1.82, 2.24) is 9.97 Å². The SMILES string of the molecule is CCCC1(C(=O)O)CCN(c2nccnc2C#N)CC1. The third kappa shape index (κ3) is 2.57. The Labute approximate surface area is 118 Å². The van der Waals surface area contributed by atoms with Gasteiger partial charge in [-0.1, -0.05) is 13.3 Å². The predicted molar refractivity (Wildman–Crippen MR) is 73.2 cm³/mol. The van der Waals surface area contributed by atoms with Crippen LogP contribution in [0.1, 0.15) is 38.3 Å². The molecule has 1 N–H and O–H groups in total. The van der Waals surface area contributed by atoms with Crippen molar-refractivity contribution in [2.45, 2.75) is 32.6 Å². The number of hydrogen-bond acceptors (Lipinski definition) is 5. The van der Waals surface area contributed by atoms with Gasteiger partial charge in [-0.3, -0.25) is 4.79 Å². The van der Waals surface area contributed by atoms with E-state index >= 15 is 0 Å². The molecule has 1 aliphatic heterocycles. The highest BCUT2D eigenvalue weighted by molar-refractivity contribution is 5.75. The average Bonchev–Trinajstić information content (AvgIpc) is 2.48. The second-order valence-electron chi connectivity index (χ2n) is 5.16. The van der Waals surface area contributed by atoms with Gasteiger partial charge in [0, 0.05) is 25.5 Å². The highest BCUT2D eigenvalue weighted by atomic mass is 16.4. The lowest BCUT2D eigenvalue weighted by Crippen LogP contribution is -2.45. The lowest BCUT2D eigenvalue weighted by Gasteiger charge is -2.39. The first kappa shape index (κ1) is 14.3. The summed E-state index contributed by atoms with van der Waals surface area (Å²) in [5.41, 5.74) is -0.328. The number of carboxylic acid groups (broad SMARTS) is 1. The van der Waals surface area contributed by atoms with Gasteiger partial charge in [0.15, 0.2) is 11.5 Å². The third-order valence-electron chi connectivity index (χ3n) is 3.99. The molecule has 0 spiro atoms. The lowest BCUT2D eigenvalue weighted by molar-refractivity contribution is -0.150. The summed E-state index contributed by atoms with van der Waals surface area (Å²) in [6.45, 7) is 3.20. The maximum Gasteiger partial charge on any atom is 0.309 e. The van der Waals surface area contributed by atoms with E-state index in [1.54, 1.807) is 6.20 Å². The van der Waals surface area contributed by atoms with Crippen molar-refractivity contribution in [3.63, 3.8) is 0 Å². The zero-order chi connectivity index (χ0) is 14.6. The van der Waals surface area contributed by atoms with Crippen LogP contribution in [-0.2, 0) is 4.79 Å². The van der Waals surface area contributed by atoms with Crippen LogP contribution >= 0.6 is 0 Å². The number of anilines is 1. The molecule has 1 fully saturated rings. The first-order chi connectivity index (χ1) is 9.63. The molecule has 20 heavy (non-hydrogen) atoms. The minimum Gasteiger partial charge on any atom is -0.481 e. The normalized spacial score (nSPS) is 17.5. The predicted octanol–water partition coefficient (Wildman–Crippen LogP) is 1.82. The van der Waals surface area contributed by atoms with E-state index in [-0.39, 0.29) is 0 Å². The molecule has 0 atom stereocenters. The van der Waals surface area contributed by atoms with Gasteiger partial charge in [-0.15, -0.1) is 0 Å². The van der Waals surface area contributed by atoms with Gasteiger partial charge in [-0.25, -0.2) is 9.97 Å². The maximum absolute atomic E-state index is 11.5. The van der Waals surface area contributed by atoms with E-state index < -0.39 is 11.4 Å². The minimum absolute atomic E-state index is 0.297. The topological polar surface area (TPSA) is 90.1 Å². The fourth-order valence-electron chi connectivity index (χ4n) is 2.84. The highest BCUT2D eigenvalue weighted by Gasteiger charge is 2.41. The number of carbonyl (C=O) groups is 1. The molecule has 0 amide bonds. The Morgan fingerprint density at radius 2 is 2.10 bits per heavy atom. The first-order valence-electron chi connectivity index (χ1n) is 6.82. The Morgan fingerprint density at radius 1 is 1.45 bits per heavy atom. The molecule has 0 saturated carbocycles. The fourth-order valence-corrected chi connectivity index (χ4v) is 2.84. The van der Waals surface area contributed by atoms with Crippen molar-refractivity contribution in [2.24, 2.45) is 5.41 Å². The molecule has 0 radical (unpaired) electrons. The number of aliphatic carboxylic acids is 1. The summed E-state index contributed by atoms with van der Waals surface area (Å²) in [6, 6.07) is 2.03. The quantitative estimate of drug-likeness (QED) is 0.900. The largest absolute Gasteiger partial charge is 0.481 e. The summed E-state index contributed by atoms with van der Waals surface area (Å²) >= 11 is 0. The molecular formula is C14H18N4O2. The van der Waals surface area contributed by atoms with Gasteiger partial charge in [-0.2, -0.15) is 5.26 Å². The summed E-state index contributed by atoms with van der Waals surface area (Å²) in [6.07, 6.45) is 5.77. The molecule has 1 aliphatic rings. The third-order valence-corrected chi connectivity index (χ3v) is 3.99. The summed E-state index contributed by atoms with van der Waals surface area (Å²) in [5, 5.41) is 18.5. The minimum atomic E-state index is -0.710. The summed E-state index contributed by atoms with van der Waals surface area (Å²) < 4.78 is 0. The Hall–Kier alpha value is -2.16. The number of piperidine rings is 1. The molecule has 1 aromatic heterocycles.